The number of hydrogen-bond acceptors (Lipinski definition) is 3. The van der Waals surface area contributed by atoms with Gasteiger partial charge in [-0.1, -0.05) is 11.6 Å². The highest BCUT2D eigenvalue weighted by Crippen LogP contribution is 2.47. The van der Waals surface area contributed by atoms with Crippen molar-refractivity contribution in [2.45, 2.75) is 37.3 Å². The van der Waals surface area contributed by atoms with Crippen molar-refractivity contribution in [3.8, 4) is 0 Å². The molecule has 17 heavy (non-hydrogen) atoms. The van der Waals surface area contributed by atoms with Crippen LogP contribution in [0.2, 0.25) is 4.34 Å². The van der Waals surface area contributed by atoms with E-state index in [4.69, 9.17) is 11.6 Å². The Morgan fingerprint density at radius 2 is 2.29 bits per heavy atom. The first kappa shape index (κ1) is 12.0. The molecule has 2 fully saturated rings. The molecule has 1 aromatic heterocycles. The van der Waals surface area contributed by atoms with Crippen LogP contribution in [-0.2, 0) is 0 Å². The number of nitrogens with zero attached hydrogens (tertiary/aromatic N) is 1. The van der Waals surface area contributed by atoms with E-state index >= 15 is 0 Å². The first-order valence-corrected chi connectivity index (χ1v) is 7.48. The van der Waals surface area contributed by atoms with Gasteiger partial charge in [-0.2, -0.15) is 0 Å². The van der Waals surface area contributed by atoms with Crippen LogP contribution < -0.4 is 0 Å². The Morgan fingerprint density at radius 1 is 1.47 bits per heavy atom. The summed E-state index contributed by atoms with van der Waals surface area (Å²) in [7, 11) is 2.21. The molecule has 2 bridgehead atoms. The van der Waals surface area contributed by atoms with E-state index in [2.05, 4.69) is 18.0 Å². The molecule has 4 atom stereocenters. The lowest BCUT2D eigenvalue weighted by atomic mass is 9.80. The number of aliphatic hydroxyl groups is 1. The summed E-state index contributed by atoms with van der Waals surface area (Å²) < 4.78 is 0.864. The maximum absolute atomic E-state index is 9.71. The number of fused-ring (bicyclic) bond motifs is 2. The van der Waals surface area contributed by atoms with E-state index < -0.39 is 0 Å². The highest BCUT2D eigenvalue weighted by molar-refractivity contribution is 7.16. The molecule has 1 N–H and O–H groups in total. The fourth-order valence-electron chi connectivity index (χ4n) is 3.68. The maximum Gasteiger partial charge on any atom is 0.0931 e. The Balaban J connectivity index is 1.90. The fourth-order valence-corrected chi connectivity index (χ4v) is 4.93. The van der Waals surface area contributed by atoms with Crippen LogP contribution in [0, 0.1) is 5.92 Å². The fraction of sp³-hybridized carbons (Fsp3) is 0.692. The van der Waals surface area contributed by atoms with Crippen molar-refractivity contribution in [1.82, 2.24) is 4.90 Å². The Labute approximate surface area is 111 Å². The molecule has 0 aliphatic carbocycles. The summed E-state index contributed by atoms with van der Waals surface area (Å²) >= 11 is 7.72. The summed E-state index contributed by atoms with van der Waals surface area (Å²) in [6.45, 7) is 0.294. The second kappa shape index (κ2) is 4.54. The molecule has 0 spiro atoms. The van der Waals surface area contributed by atoms with Gasteiger partial charge in [0.05, 0.1) is 4.34 Å². The van der Waals surface area contributed by atoms with Crippen LogP contribution in [0.25, 0.3) is 0 Å². The summed E-state index contributed by atoms with van der Waals surface area (Å²) in [4.78, 5) is 3.84. The molecule has 0 radical (unpaired) electrons. The zero-order chi connectivity index (χ0) is 12.0. The molecule has 2 saturated heterocycles. The Morgan fingerprint density at radius 3 is 2.94 bits per heavy atom. The average molecular weight is 272 g/mol. The quantitative estimate of drug-likeness (QED) is 0.894. The minimum atomic E-state index is 0.294. The van der Waals surface area contributed by atoms with Gasteiger partial charge in [-0.05, 0) is 38.4 Å². The third kappa shape index (κ3) is 1.93. The van der Waals surface area contributed by atoms with Crippen molar-refractivity contribution in [3.63, 3.8) is 0 Å². The lowest BCUT2D eigenvalue weighted by Gasteiger charge is -2.42. The van der Waals surface area contributed by atoms with E-state index in [9.17, 15) is 5.11 Å². The van der Waals surface area contributed by atoms with Crippen LogP contribution in [0.4, 0.5) is 0 Å². The number of thiophene rings is 1. The number of halogens is 1. The summed E-state index contributed by atoms with van der Waals surface area (Å²) in [5.41, 5.74) is 0. The van der Waals surface area contributed by atoms with Crippen LogP contribution in [0.1, 0.15) is 30.1 Å². The second-order valence-electron chi connectivity index (χ2n) is 5.29. The number of rotatable bonds is 2. The molecule has 2 aliphatic heterocycles. The summed E-state index contributed by atoms with van der Waals surface area (Å²) in [5.74, 6) is 0.889. The average Bonchev–Trinajstić information content (AvgIpc) is 2.82. The van der Waals surface area contributed by atoms with Gasteiger partial charge in [-0.15, -0.1) is 11.3 Å². The van der Waals surface area contributed by atoms with Gasteiger partial charge in [-0.25, -0.2) is 0 Å². The van der Waals surface area contributed by atoms with Crippen molar-refractivity contribution in [2.24, 2.45) is 5.92 Å². The molecule has 3 rings (SSSR count). The van der Waals surface area contributed by atoms with Gasteiger partial charge in [-0.3, -0.25) is 0 Å². The molecule has 0 aromatic carbocycles. The molecule has 2 nitrogen and oxygen atoms in total. The molecule has 0 amide bonds. The van der Waals surface area contributed by atoms with Gasteiger partial charge in [0.15, 0.2) is 0 Å². The Bertz CT molecular complexity index is 408. The first-order chi connectivity index (χ1) is 8.20. The topological polar surface area (TPSA) is 23.5 Å². The zero-order valence-corrected chi connectivity index (χ0v) is 11.5. The second-order valence-corrected chi connectivity index (χ2v) is 7.04. The first-order valence-electron chi connectivity index (χ1n) is 6.28. The minimum Gasteiger partial charge on any atom is -0.396 e. The van der Waals surface area contributed by atoms with Gasteiger partial charge in [0, 0.05) is 35.4 Å². The number of piperidine rings is 1. The lowest BCUT2D eigenvalue weighted by molar-refractivity contribution is 0.0602. The Hall–Kier alpha value is -0.0900. The van der Waals surface area contributed by atoms with Crippen molar-refractivity contribution >= 4 is 22.9 Å². The molecule has 2 aliphatic rings. The van der Waals surface area contributed by atoms with Crippen LogP contribution in [0.3, 0.4) is 0 Å². The normalized spacial score (nSPS) is 37.6. The van der Waals surface area contributed by atoms with E-state index in [1.807, 2.05) is 6.07 Å². The summed E-state index contributed by atoms with van der Waals surface area (Å²) in [5, 5.41) is 9.71. The van der Waals surface area contributed by atoms with E-state index in [1.54, 1.807) is 11.3 Å². The predicted octanol–water partition coefficient (Wildman–Crippen LogP) is 2.96. The number of hydrogen-bond donors (Lipinski definition) is 1. The molecule has 1 aromatic rings. The molecule has 4 heteroatoms. The standard InChI is InChI=1S/C13H18ClNOS/c1-15-8-2-3-11(15)10(7-16)9(6-8)12-4-5-13(14)17-12/h4-5,8-11,16H,2-3,6-7H2,1H3/t8?,9-,10+,11?/m0/s1. The highest BCUT2D eigenvalue weighted by Gasteiger charge is 2.45. The monoisotopic (exact) mass is 271 g/mol. The van der Waals surface area contributed by atoms with Crippen molar-refractivity contribution < 1.29 is 5.11 Å². The van der Waals surface area contributed by atoms with Gasteiger partial charge in [0.2, 0.25) is 0 Å². The van der Waals surface area contributed by atoms with Crippen molar-refractivity contribution in [3.05, 3.63) is 21.3 Å². The lowest BCUT2D eigenvalue weighted by Crippen LogP contribution is -2.46. The molecular formula is C13H18ClNOS. The third-order valence-corrected chi connectivity index (χ3v) is 5.97. The molecule has 94 valence electrons. The van der Waals surface area contributed by atoms with E-state index in [1.165, 1.54) is 24.1 Å². The van der Waals surface area contributed by atoms with Gasteiger partial charge >= 0.3 is 0 Å². The minimum absolute atomic E-state index is 0.294. The van der Waals surface area contributed by atoms with Crippen LogP contribution in [0.15, 0.2) is 12.1 Å². The van der Waals surface area contributed by atoms with E-state index in [-0.39, 0.29) is 0 Å². The third-order valence-electron chi connectivity index (χ3n) is 4.60. The van der Waals surface area contributed by atoms with Crippen LogP contribution in [-0.4, -0.2) is 35.7 Å². The molecule has 0 saturated carbocycles. The van der Waals surface area contributed by atoms with Gasteiger partial charge in [0.1, 0.15) is 0 Å². The molecule has 2 unspecified atom stereocenters. The van der Waals surface area contributed by atoms with Gasteiger partial charge < -0.3 is 10.0 Å². The smallest absolute Gasteiger partial charge is 0.0931 e. The SMILES string of the molecule is CN1C2CCC1[C@H](CO)[C@@H](c1ccc(Cl)s1)C2. The molecular weight excluding hydrogens is 254 g/mol. The summed E-state index contributed by atoms with van der Waals surface area (Å²) in [6.07, 6.45) is 3.70. The van der Waals surface area contributed by atoms with Crippen LogP contribution >= 0.6 is 22.9 Å². The largest absolute Gasteiger partial charge is 0.396 e. The highest BCUT2D eigenvalue weighted by atomic mass is 35.5. The van der Waals surface area contributed by atoms with E-state index in [0.717, 1.165) is 4.34 Å². The predicted molar refractivity (Wildman–Crippen MR) is 71.8 cm³/mol. The van der Waals surface area contributed by atoms with Gasteiger partial charge in [0.25, 0.3) is 0 Å². The Kier molecular flexibility index (Phi) is 3.20. The molecule has 3 heterocycles. The zero-order valence-electron chi connectivity index (χ0n) is 9.97. The van der Waals surface area contributed by atoms with Crippen molar-refractivity contribution in [1.29, 1.82) is 0 Å². The van der Waals surface area contributed by atoms with Crippen LogP contribution in [0.5, 0.6) is 0 Å². The summed E-state index contributed by atoms with van der Waals surface area (Å²) in [6, 6.07) is 5.39. The van der Waals surface area contributed by atoms with Crippen molar-refractivity contribution in [2.75, 3.05) is 13.7 Å². The number of aliphatic hydroxyl groups excluding tert-OH is 1. The maximum atomic E-state index is 9.71. The van der Waals surface area contributed by atoms with E-state index in [0.29, 0.717) is 30.5 Å².